The molecule has 0 saturated carbocycles. The van der Waals surface area contributed by atoms with Gasteiger partial charge in [-0.05, 0) is 36.5 Å². The minimum Gasteiger partial charge on any atom is -0.395 e. The van der Waals surface area contributed by atoms with Crippen LogP contribution in [0.15, 0.2) is 18.2 Å². The Balaban J connectivity index is 2.22. The molecule has 1 aromatic rings. The van der Waals surface area contributed by atoms with Crippen molar-refractivity contribution < 1.29 is 17.9 Å². The molecule has 2 unspecified atom stereocenters. The van der Waals surface area contributed by atoms with E-state index in [9.17, 15) is 17.9 Å². The van der Waals surface area contributed by atoms with Crippen LogP contribution in [0.3, 0.4) is 0 Å². The lowest BCUT2D eigenvalue weighted by Crippen LogP contribution is -2.49. The number of piperidine rings is 1. The molecule has 1 fully saturated rings. The van der Waals surface area contributed by atoms with E-state index in [0.29, 0.717) is 12.1 Å². The van der Waals surface area contributed by atoms with Gasteiger partial charge in [0.2, 0.25) is 10.0 Å². The number of aliphatic hydroxyl groups excluding tert-OH is 1. The Morgan fingerprint density at radius 1 is 1.48 bits per heavy atom. The van der Waals surface area contributed by atoms with Gasteiger partial charge in [-0.2, -0.15) is 4.31 Å². The molecule has 0 aliphatic carbocycles. The van der Waals surface area contributed by atoms with Gasteiger partial charge in [0, 0.05) is 6.54 Å². The van der Waals surface area contributed by atoms with Gasteiger partial charge in [0.25, 0.3) is 0 Å². The van der Waals surface area contributed by atoms with Crippen LogP contribution in [0.1, 0.15) is 25.3 Å². The van der Waals surface area contributed by atoms with Gasteiger partial charge in [0.15, 0.2) is 0 Å². The molecule has 21 heavy (non-hydrogen) atoms. The zero-order valence-electron chi connectivity index (χ0n) is 11.8. The third-order valence-electron chi connectivity index (χ3n) is 3.94. The summed E-state index contributed by atoms with van der Waals surface area (Å²) in [6, 6.07) is 3.52. The van der Waals surface area contributed by atoms with Gasteiger partial charge in [-0.3, -0.25) is 0 Å². The monoisotopic (exact) mass is 335 g/mol. The summed E-state index contributed by atoms with van der Waals surface area (Å²) in [6.45, 7) is 2.16. The van der Waals surface area contributed by atoms with Crippen LogP contribution < -0.4 is 0 Å². The lowest BCUT2D eigenvalue weighted by atomic mass is 9.93. The molecule has 0 bridgehead atoms. The molecule has 0 spiro atoms. The number of sulfonamides is 1. The Morgan fingerprint density at radius 3 is 2.81 bits per heavy atom. The van der Waals surface area contributed by atoms with Crippen molar-refractivity contribution in [1.29, 1.82) is 0 Å². The Bertz CT molecular complexity index is 608. The van der Waals surface area contributed by atoms with Crippen LogP contribution in [-0.2, 0) is 15.8 Å². The molecule has 7 heteroatoms. The molecule has 1 aliphatic heterocycles. The van der Waals surface area contributed by atoms with Crippen LogP contribution >= 0.6 is 11.6 Å². The Labute approximate surface area is 129 Å². The molecule has 1 heterocycles. The Morgan fingerprint density at radius 2 is 2.19 bits per heavy atom. The molecule has 0 amide bonds. The largest absolute Gasteiger partial charge is 0.395 e. The normalized spacial score (nSPS) is 24.2. The van der Waals surface area contributed by atoms with E-state index >= 15 is 0 Å². The van der Waals surface area contributed by atoms with E-state index in [1.54, 1.807) is 0 Å². The van der Waals surface area contributed by atoms with E-state index in [2.05, 4.69) is 0 Å². The first-order valence-corrected chi connectivity index (χ1v) is 8.88. The maximum Gasteiger partial charge on any atom is 0.218 e. The topological polar surface area (TPSA) is 57.6 Å². The first kappa shape index (κ1) is 16.7. The lowest BCUT2D eigenvalue weighted by molar-refractivity contribution is 0.113. The van der Waals surface area contributed by atoms with Crippen molar-refractivity contribution in [3.63, 3.8) is 0 Å². The van der Waals surface area contributed by atoms with Gasteiger partial charge in [-0.1, -0.05) is 24.6 Å². The number of hydrogen-bond donors (Lipinski definition) is 1. The standard InChI is InChI=1S/C14H19ClFNO3S/c1-10-3-2-6-17(14(10)8-18)21(19,20)9-11-4-5-13(16)12(15)7-11/h4-5,7,10,14,18H,2-3,6,8-9H2,1H3. The molecular formula is C14H19ClFNO3S. The van der Waals surface area contributed by atoms with E-state index < -0.39 is 15.8 Å². The first-order chi connectivity index (χ1) is 9.85. The second-order valence-electron chi connectivity index (χ2n) is 5.48. The number of nitrogens with zero attached hydrogens (tertiary/aromatic N) is 1. The second-order valence-corrected chi connectivity index (χ2v) is 7.81. The van der Waals surface area contributed by atoms with Crippen LogP contribution in [-0.4, -0.2) is 37.0 Å². The zero-order valence-corrected chi connectivity index (χ0v) is 13.4. The number of aliphatic hydroxyl groups is 1. The SMILES string of the molecule is CC1CCCN(S(=O)(=O)Cc2ccc(F)c(Cl)c2)C1CO. The number of halogens is 2. The van der Waals surface area contributed by atoms with Gasteiger partial charge in [0.1, 0.15) is 5.82 Å². The molecule has 118 valence electrons. The highest BCUT2D eigenvalue weighted by Crippen LogP contribution is 2.27. The maximum absolute atomic E-state index is 13.1. The molecule has 4 nitrogen and oxygen atoms in total. The minimum atomic E-state index is -3.57. The summed E-state index contributed by atoms with van der Waals surface area (Å²) in [5.74, 6) is -0.691. The molecule has 2 rings (SSSR count). The van der Waals surface area contributed by atoms with Crippen LogP contribution in [0.4, 0.5) is 4.39 Å². The third kappa shape index (κ3) is 3.74. The average molecular weight is 336 g/mol. The summed E-state index contributed by atoms with van der Waals surface area (Å²) >= 11 is 5.68. The minimum absolute atomic E-state index is 0.0894. The summed E-state index contributed by atoms with van der Waals surface area (Å²) in [5, 5.41) is 9.38. The number of rotatable bonds is 4. The summed E-state index contributed by atoms with van der Waals surface area (Å²) < 4.78 is 39.6. The molecule has 0 radical (unpaired) electrons. The highest BCUT2D eigenvalue weighted by Gasteiger charge is 2.35. The molecule has 1 saturated heterocycles. The number of benzene rings is 1. The fourth-order valence-corrected chi connectivity index (χ4v) is 4.81. The average Bonchev–Trinajstić information content (AvgIpc) is 2.42. The van der Waals surface area contributed by atoms with Crippen molar-refractivity contribution in [2.45, 2.75) is 31.6 Å². The van der Waals surface area contributed by atoms with Crippen molar-refractivity contribution in [3.8, 4) is 0 Å². The summed E-state index contributed by atoms with van der Waals surface area (Å²) in [6.07, 6.45) is 1.68. The maximum atomic E-state index is 13.1. The highest BCUT2D eigenvalue weighted by molar-refractivity contribution is 7.88. The van der Waals surface area contributed by atoms with Gasteiger partial charge < -0.3 is 5.11 Å². The van der Waals surface area contributed by atoms with Crippen molar-refractivity contribution in [3.05, 3.63) is 34.6 Å². The van der Waals surface area contributed by atoms with Gasteiger partial charge in [-0.25, -0.2) is 12.8 Å². The summed E-state index contributed by atoms with van der Waals surface area (Å²) in [7, 11) is -3.57. The van der Waals surface area contributed by atoms with Crippen LogP contribution in [0.2, 0.25) is 5.02 Å². The van der Waals surface area contributed by atoms with E-state index in [1.807, 2.05) is 6.92 Å². The second kappa shape index (κ2) is 6.60. The molecule has 1 aliphatic rings. The molecular weight excluding hydrogens is 317 g/mol. The smallest absolute Gasteiger partial charge is 0.218 e. The van der Waals surface area contributed by atoms with Gasteiger partial charge in [-0.15, -0.1) is 0 Å². The number of hydrogen-bond acceptors (Lipinski definition) is 3. The van der Waals surface area contributed by atoms with Crippen LogP contribution in [0.25, 0.3) is 0 Å². The Kier molecular flexibility index (Phi) is 5.24. The highest BCUT2D eigenvalue weighted by atomic mass is 35.5. The van der Waals surface area contributed by atoms with Crippen molar-refractivity contribution in [2.24, 2.45) is 5.92 Å². The molecule has 1 N–H and O–H groups in total. The van der Waals surface area contributed by atoms with Gasteiger partial charge >= 0.3 is 0 Å². The van der Waals surface area contributed by atoms with Crippen LogP contribution in [0.5, 0.6) is 0 Å². The molecule has 2 atom stereocenters. The van der Waals surface area contributed by atoms with E-state index in [0.717, 1.165) is 18.9 Å². The fraction of sp³-hybridized carbons (Fsp3) is 0.571. The van der Waals surface area contributed by atoms with Gasteiger partial charge in [0.05, 0.1) is 23.4 Å². The van der Waals surface area contributed by atoms with E-state index in [1.165, 1.54) is 16.4 Å². The molecule has 0 aromatic heterocycles. The first-order valence-electron chi connectivity index (χ1n) is 6.89. The van der Waals surface area contributed by atoms with Crippen molar-refractivity contribution >= 4 is 21.6 Å². The summed E-state index contributed by atoms with van der Waals surface area (Å²) in [4.78, 5) is 0. The third-order valence-corrected chi connectivity index (χ3v) is 6.10. The lowest BCUT2D eigenvalue weighted by Gasteiger charge is -2.37. The van der Waals surface area contributed by atoms with Crippen molar-refractivity contribution in [2.75, 3.05) is 13.2 Å². The fourth-order valence-electron chi connectivity index (χ4n) is 2.75. The Hall–Kier alpha value is -0.690. The zero-order chi connectivity index (χ0) is 15.6. The predicted octanol–water partition coefficient (Wildman–Crippen LogP) is 2.40. The predicted molar refractivity (Wildman–Crippen MR) is 80.0 cm³/mol. The van der Waals surface area contributed by atoms with Crippen LogP contribution in [0, 0.1) is 11.7 Å². The van der Waals surface area contributed by atoms with E-state index in [-0.39, 0.29) is 29.3 Å². The quantitative estimate of drug-likeness (QED) is 0.919. The molecule has 1 aromatic carbocycles. The summed E-state index contributed by atoms with van der Waals surface area (Å²) in [5.41, 5.74) is 0.441. The van der Waals surface area contributed by atoms with E-state index in [4.69, 9.17) is 11.6 Å². The van der Waals surface area contributed by atoms with Crippen molar-refractivity contribution in [1.82, 2.24) is 4.31 Å².